The maximum absolute atomic E-state index is 12.4. The standard InChI is InChI=1S/C16H14ClNO3S2/c1-2-12(15(20)21)18-14(19)13(23-16(18)22)9-11(17)8-10-6-4-3-5-7-10/h3-9,12H,2H2,1H3,(H,20,21)/p-1/b11-8-,13-9-/t12-/m1/s1. The number of thioether (sulfide) groups is 1. The number of halogens is 1. The van der Waals surface area contributed by atoms with Crippen LogP contribution in [0, 0.1) is 0 Å². The Kier molecular flexibility index (Phi) is 5.98. The van der Waals surface area contributed by atoms with E-state index in [2.05, 4.69) is 0 Å². The molecule has 1 aromatic carbocycles. The van der Waals surface area contributed by atoms with Crippen molar-refractivity contribution < 1.29 is 14.7 Å². The topological polar surface area (TPSA) is 60.4 Å². The van der Waals surface area contributed by atoms with Crippen molar-refractivity contribution >= 4 is 57.9 Å². The molecule has 0 saturated carbocycles. The Balaban J connectivity index is 2.25. The van der Waals surface area contributed by atoms with Crippen molar-refractivity contribution in [3.8, 4) is 0 Å². The number of rotatable bonds is 5. The molecular weight excluding hydrogens is 354 g/mol. The molecule has 1 aliphatic heterocycles. The normalized spacial score (nSPS) is 18.6. The van der Waals surface area contributed by atoms with E-state index in [0.29, 0.717) is 9.94 Å². The van der Waals surface area contributed by atoms with Gasteiger partial charge in [0.05, 0.1) is 16.9 Å². The molecule has 7 heteroatoms. The van der Waals surface area contributed by atoms with Crippen molar-refractivity contribution in [2.24, 2.45) is 0 Å². The van der Waals surface area contributed by atoms with Gasteiger partial charge in [0.25, 0.3) is 5.91 Å². The van der Waals surface area contributed by atoms with Gasteiger partial charge >= 0.3 is 0 Å². The molecule has 0 radical (unpaired) electrons. The average molecular weight is 367 g/mol. The molecule has 0 aromatic heterocycles. The summed E-state index contributed by atoms with van der Waals surface area (Å²) >= 11 is 12.3. The molecule has 0 N–H and O–H groups in total. The van der Waals surface area contributed by atoms with Crippen LogP contribution in [0.5, 0.6) is 0 Å². The summed E-state index contributed by atoms with van der Waals surface area (Å²) < 4.78 is 0.196. The molecule has 120 valence electrons. The van der Waals surface area contributed by atoms with Crippen LogP contribution in [0.3, 0.4) is 0 Å². The molecule has 0 unspecified atom stereocenters. The molecule has 1 heterocycles. The van der Waals surface area contributed by atoms with Crippen LogP contribution in [0.25, 0.3) is 6.08 Å². The van der Waals surface area contributed by atoms with Gasteiger partial charge in [0.1, 0.15) is 4.32 Å². The van der Waals surface area contributed by atoms with Crippen LogP contribution in [-0.2, 0) is 9.59 Å². The molecular formula is C16H13ClNO3S2-. The third-order valence-corrected chi connectivity index (χ3v) is 4.72. The first-order chi connectivity index (χ1) is 10.9. The van der Waals surface area contributed by atoms with Gasteiger partial charge in [-0.1, -0.05) is 72.8 Å². The Labute approximate surface area is 148 Å². The zero-order chi connectivity index (χ0) is 17.0. The van der Waals surface area contributed by atoms with E-state index < -0.39 is 17.9 Å². The predicted octanol–water partition coefficient (Wildman–Crippen LogP) is 2.54. The van der Waals surface area contributed by atoms with E-state index >= 15 is 0 Å². The number of aliphatic carboxylic acids is 1. The summed E-state index contributed by atoms with van der Waals surface area (Å²) in [4.78, 5) is 24.9. The zero-order valence-corrected chi connectivity index (χ0v) is 14.6. The summed E-state index contributed by atoms with van der Waals surface area (Å²) in [5, 5.41) is 11.5. The molecule has 23 heavy (non-hydrogen) atoms. The van der Waals surface area contributed by atoms with Crippen molar-refractivity contribution in [2.75, 3.05) is 0 Å². The summed E-state index contributed by atoms with van der Waals surface area (Å²) in [5.41, 5.74) is 0.894. The zero-order valence-electron chi connectivity index (χ0n) is 12.2. The number of thiocarbonyl (C=S) groups is 1. The maximum Gasteiger partial charge on any atom is 0.266 e. The second-order valence-corrected chi connectivity index (χ2v) is 6.85. The van der Waals surface area contributed by atoms with Crippen molar-refractivity contribution in [2.45, 2.75) is 19.4 Å². The van der Waals surface area contributed by atoms with Crippen molar-refractivity contribution in [1.29, 1.82) is 0 Å². The average Bonchev–Trinajstić information content (AvgIpc) is 2.76. The van der Waals surface area contributed by atoms with Crippen LogP contribution in [0.15, 0.2) is 46.3 Å². The van der Waals surface area contributed by atoms with Gasteiger partial charge in [-0.15, -0.1) is 0 Å². The second kappa shape index (κ2) is 7.77. The fourth-order valence-electron chi connectivity index (χ4n) is 2.08. The van der Waals surface area contributed by atoms with E-state index in [4.69, 9.17) is 23.8 Å². The van der Waals surface area contributed by atoms with Crippen LogP contribution >= 0.6 is 35.6 Å². The fourth-order valence-corrected chi connectivity index (χ4v) is 3.73. The number of allylic oxidation sites excluding steroid dienone is 2. The van der Waals surface area contributed by atoms with Crippen LogP contribution < -0.4 is 5.11 Å². The fraction of sp³-hybridized carbons (Fsp3) is 0.188. The van der Waals surface area contributed by atoms with E-state index in [0.717, 1.165) is 22.2 Å². The van der Waals surface area contributed by atoms with E-state index in [1.54, 1.807) is 13.0 Å². The van der Waals surface area contributed by atoms with Crippen LogP contribution in [0.2, 0.25) is 0 Å². The lowest BCUT2D eigenvalue weighted by atomic mass is 10.2. The van der Waals surface area contributed by atoms with Crippen LogP contribution in [-0.4, -0.2) is 27.1 Å². The number of carbonyl (C=O) groups is 2. The first-order valence-electron chi connectivity index (χ1n) is 6.84. The van der Waals surface area contributed by atoms with Gasteiger partial charge in [-0.2, -0.15) is 0 Å². The maximum atomic E-state index is 12.4. The highest BCUT2D eigenvalue weighted by Crippen LogP contribution is 2.34. The van der Waals surface area contributed by atoms with Gasteiger partial charge in [0.2, 0.25) is 0 Å². The predicted molar refractivity (Wildman–Crippen MR) is 94.5 cm³/mol. The molecule has 2 rings (SSSR count). The van der Waals surface area contributed by atoms with Crippen LogP contribution in [0.1, 0.15) is 18.9 Å². The lowest BCUT2D eigenvalue weighted by Crippen LogP contribution is -2.49. The molecule has 0 spiro atoms. The highest BCUT2D eigenvalue weighted by molar-refractivity contribution is 8.26. The third kappa shape index (κ3) is 4.22. The summed E-state index contributed by atoms with van der Waals surface area (Å²) in [5.74, 6) is -1.79. The molecule has 1 aliphatic rings. The lowest BCUT2D eigenvalue weighted by Gasteiger charge is -2.26. The molecule has 1 amide bonds. The smallest absolute Gasteiger partial charge is 0.266 e. The van der Waals surface area contributed by atoms with Crippen LogP contribution in [0.4, 0.5) is 0 Å². The van der Waals surface area contributed by atoms with Gasteiger partial charge in [0, 0.05) is 5.03 Å². The Morgan fingerprint density at radius 1 is 1.43 bits per heavy atom. The Hall–Kier alpha value is -1.63. The summed E-state index contributed by atoms with van der Waals surface area (Å²) in [6, 6.07) is 8.34. The molecule has 0 bridgehead atoms. The Bertz CT molecular complexity index is 701. The summed E-state index contributed by atoms with van der Waals surface area (Å²) in [7, 11) is 0. The van der Waals surface area contributed by atoms with Gasteiger partial charge in [-0.3, -0.25) is 9.69 Å². The number of benzene rings is 1. The van der Waals surface area contributed by atoms with Crippen molar-refractivity contribution in [3.05, 3.63) is 51.9 Å². The minimum Gasteiger partial charge on any atom is -0.548 e. The van der Waals surface area contributed by atoms with Crippen molar-refractivity contribution in [1.82, 2.24) is 4.90 Å². The molecule has 1 atom stereocenters. The van der Waals surface area contributed by atoms with Gasteiger partial charge in [-0.05, 0) is 24.1 Å². The molecule has 1 saturated heterocycles. The molecule has 1 aromatic rings. The minimum atomic E-state index is -1.32. The van der Waals surface area contributed by atoms with Gasteiger partial charge in [0.15, 0.2) is 0 Å². The number of carbonyl (C=O) groups excluding carboxylic acids is 2. The van der Waals surface area contributed by atoms with E-state index in [-0.39, 0.29) is 10.7 Å². The highest BCUT2D eigenvalue weighted by Gasteiger charge is 2.37. The third-order valence-electron chi connectivity index (χ3n) is 3.17. The second-order valence-electron chi connectivity index (χ2n) is 4.73. The first kappa shape index (κ1) is 17.7. The number of hydrogen-bond donors (Lipinski definition) is 0. The van der Waals surface area contributed by atoms with E-state index in [9.17, 15) is 14.7 Å². The van der Waals surface area contributed by atoms with Gasteiger partial charge < -0.3 is 9.90 Å². The largest absolute Gasteiger partial charge is 0.548 e. The number of carboxylic acid groups (broad SMARTS) is 1. The first-order valence-corrected chi connectivity index (χ1v) is 8.44. The Morgan fingerprint density at radius 2 is 2.09 bits per heavy atom. The summed E-state index contributed by atoms with van der Waals surface area (Å²) in [6.07, 6.45) is 3.43. The number of nitrogens with zero attached hydrogens (tertiary/aromatic N) is 1. The van der Waals surface area contributed by atoms with Gasteiger partial charge in [-0.25, -0.2) is 0 Å². The minimum absolute atomic E-state index is 0.196. The SMILES string of the molecule is CC[C@H](C(=O)[O-])N1C(=O)/C(=C/C(Cl)=C/c2ccccc2)SC1=S. The monoisotopic (exact) mass is 366 g/mol. The molecule has 0 aliphatic carbocycles. The highest BCUT2D eigenvalue weighted by atomic mass is 35.5. The van der Waals surface area contributed by atoms with Crippen molar-refractivity contribution in [3.63, 3.8) is 0 Å². The van der Waals surface area contributed by atoms with E-state index in [1.165, 1.54) is 6.08 Å². The quantitative estimate of drug-likeness (QED) is 0.592. The molecule has 1 fully saturated rings. The molecule has 4 nitrogen and oxygen atoms in total. The van der Waals surface area contributed by atoms with E-state index in [1.807, 2.05) is 30.3 Å². The summed E-state index contributed by atoms with van der Waals surface area (Å²) in [6.45, 7) is 1.66. The number of hydrogen-bond acceptors (Lipinski definition) is 5. The number of carboxylic acids is 1. The lowest BCUT2D eigenvalue weighted by molar-refractivity contribution is -0.310. The Morgan fingerprint density at radius 3 is 2.65 bits per heavy atom. The number of amides is 1.